The molecule has 1 aliphatic heterocycles. The van der Waals surface area contributed by atoms with E-state index in [0.717, 1.165) is 18.5 Å². The summed E-state index contributed by atoms with van der Waals surface area (Å²) in [7, 11) is -1.64. The van der Waals surface area contributed by atoms with Gasteiger partial charge in [0.05, 0.1) is 23.9 Å². The van der Waals surface area contributed by atoms with Gasteiger partial charge in [-0.2, -0.15) is 0 Å². The molecule has 1 aromatic carbocycles. The zero-order chi connectivity index (χ0) is 23.3. The molecule has 2 aliphatic rings. The number of sulfone groups is 1. The average Bonchev–Trinajstić information content (AvgIpc) is 2.80. The highest BCUT2D eigenvalue weighted by atomic mass is 32.2. The van der Waals surface area contributed by atoms with Gasteiger partial charge >= 0.3 is 0 Å². The molecular formula is C25H36N4O3S. The van der Waals surface area contributed by atoms with Crippen molar-refractivity contribution in [1.82, 2.24) is 15.3 Å². The number of piperidine rings is 1. The van der Waals surface area contributed by atoms with E-state index in [1.54, 1.807) is 37.6 Å². The average molecular weight is 473 g/mol. The number of nitrogens with one attached hydrogen (secondary N) is 2. The maximum absolute atomic E-state index is 11.7. The monoisotopic (exact) mass is 472 g/mol. The van der Waals surface area contributed by atoms with Crippen LogP contribution in [0.15, 0.2) is 35.4 Å². The molecule has 33 heavy (non-hydrogen) atoms. The van der Waals surface area contributed by atoms with Crippen molar-refractivity contribution in [3.8, 4) is 17.1 Å². The number of rotatable bonds is 6. The van der Waals surface area contributed by atoms with E-state index in [9.17, 15) is 8.42 Å². The predicted octanol–water partition coefficient (Wildman–Crippen LogP) is 4.59. The largest absolute Gasteiger partial charge is 0.478 e. The number of hydrogen-bond donors (Lipinski definition) is 2. The molecule has 1 saturated heterocycles. The molecule has 1 aliphatic carbocycles. The fourth-order valence-corrected chi connectivity index (χ4v) is 5.90. The van der Waals surface area contributed by atoms with E-state index in [2.05, 4.69) is 15.6 Å². The SMILES string of the molecule is COc1ncc(-c2ccc(S(C)(=O)=O)cc2)nc1NCC1CCCC2(CCCCCCC2)N1. The number of aromatic nitrogens is 2. The Balaban J connectivity index is 1.46. The third kappa shape index (κ3) is 6.03. The van der Waals surface area contributed by atoms with Crippen LogP contribution in [0.5, 0.6) is 5.88 Å². The molecule has 1 spiro atoms. The number of methoxy groups -OCH3 is 1. The Kier molecular flexibility index (Phi) is 7.54. The number of benzene rings is 1. The summed E-state index contributed by atoms with van der Waals surface area (Å²) in [4.78, 5) is 9.46. The number of anilines is 1. The summed E-state index contributed by atoms with van der Waals surface area (Å²) in [5.74, 6) is 1.07. The first-order chi connectivity index (χ1) is 15.9. The fourth-order valence-electron chi connectivity index (χ4n) is 5.27. The third-order valence-electron chi connectivity index (χ3n) is 7.06. The summed E-state index contributed by atoms with van der Waals surface area (Å²) in [5, 5.41) is 7.48. The Hall–Kier alpha value is -2.19. The molecule has 0 radical (unpaired) electrons. The number of nitrogens with zero attached hydrogens (tertiary/aromatic N) is 2. The smallest absolute Gasteiger partial charge is 0.257 e. The van der Waals surface area contributed by atoms with Gasteiger partial charge in [-0.3, -0.25) is 0 Å². The van der Waals surface area contributed by atoms with Gasteiger partial charge < -0.3 is 15.4 Å². The Bertz CT molecular complexity index is 1030. The van der Waals surface area contributed by atoms with Crippen molar-refractivity contribution in [2.75, 3.05) is 25.2 Å². The highest BCUT2D eigenvalue weighted by Crippen LogP contribution is 2.35. The lowest BCUT2D eigenvalue weighted by Crippen LogP contribution is -2.55. The Morgan fingerprint density at radius 3 is 2.39 bits per heavy atom. The van der Waals surface area contributed by atoms with Gasteiger partial charge in [0.2, 0.25) is 0 Å². The highest BCUT2D eigenvalue weighted by molar-refractivity contribution is 7.90. The maximum Gasteiger partial charge on any atom is 0.257 e. The summed E-state index contributed by atoms with van der Waals surface area (Å²) >= 11 is 0. The zero-order valence-corrected chi connectivity index (χ0v) is 20.6. The summed E-state index contributed by atoms with van der Waals surface area (Å²) in [6, 6.07) is 7.12. The summed E-state index contributed by atoms with van der Waals surface area (Å²) in [5.41, 5.74) is 1.78. The fraction of sp³-hybridized carbons (Fsp3) is 0.600. The first kappa shape index (κ1) is 24.0. The molecule has 0 bridgehead atoms. The van der Waals surface area contributed by atoms with E-state index in [1.165, 1.54) is 64.0 Å². The second-order valence-electron chi connectivity index (χ2n) is 9.57. The van der Waals surface area contributed by atoms with E-state index in [0.29, 0.717) is 29.0 Å². The molecule has 2 aromatic rings. The van der Waals surface area contributed by atoms with Crippen LogP contribution in [0.25, 0.3) is 11.3 Å². The molecule has 1 atom stereocenters. The minimum atomic E-state index is -3.23. The first-order valence-corrected chi connectivity index (χ1v) is 14.0. The predicted molar refractivity (Wildman–Crippen MR) is 131 cm³/mol. The van der Waals surface area contributed by atoms with E-state index >= 15 is 0 Å². The van der Waals surface area contributed by atoms with Gasteiger partial charge in [0.15, 0.2) is 15.7 Å². The van der Waals surface area contributed by atoms with Crippen molar-refractivity contribution >= 4 is 15.7 Å². The van der Waals surface area contributed by atoms with E-state index in [1.807, 2.05) is 0 Å². The van der Waals surface area contributed by atoms with Crippen LogP contribution in [0.2, 0.25) is 0 Å². The van der Waals surface area contributed by atoms with Gasteiger partial charge in [-0.1, -0.05) is 50.7 Å². The van der Waals surface area contributed by atoms with Crippen molar-refractivity contribution in [2.24, 2.45) is 0 Å². The van der Waals surface area contributed by atoms with E-state index in [-0.39, 0.29) is 4.90 Å². The van der Waals surface area contributed by atoms with E-state index in [4.69, 9.17) is 9.72 Å². The second-order valence-corrected chi connectivity index (χ2v) is 11.6. The lowest BCUT2D eigenvalue weighted by Gasteiger charge is -2.44. The van der Waals surface area contributed by atoms with Crippen molar-refractivity contribution in [1.29, 1.82) is 0 Å². The normalized spacial score (nSPS) is 21.2. The van der Waals surface area contributed by atoms with Crippen molar-refractivity contribution in [2.45, 2.75) is 80.7 Å². The lowest BCUT2D eigenvalue weighted by atomic mass is 9.77. The molecule has 1 unspecified atom stereocenters. The van der Waals surface area contributed by atoms with Crippen LogP contribution in [-0.4, -0.2) is 49.9 Å². The Morgan fingerprint density at radius 1 is 1.06 bits per heavy atom. The summed E-state index contributed by atoms with van der Waals surface area (Å²) in [6.45, 7) is 0.767. The van der Waals surface area contributed by atoms with Crippen LogP contribution < -0.4 is 15.4 Å². The van der Waals surface area contributed by atoms with Crippen LogP contribution in [-0.2, 0) is 9.84 Å². The summed E-state index contributed by atoms with van der Waals surface area (Å²) < 4.78 is 28.9. The molecule has 0 amide bonds. The van der Waals surface area contributed by atoms with Gasteiger partial charge in [-0.25, -0.2) is 18.4 Å². The van der Waals surface area contributed by atoms with Crippen LogP contribution in [0.1, 0.15) is 64.2 Å². The quantitative estimate of drug-likeness (QED) is 0.635. The standard InChI is InChI=1S/C25H36N4O3S/c1-32-24-23(28-22(18-27-24)19-10-12-21(13-11-19)33(2,30)31)26-17-20-9-8-16-25(29-20)14-6-4-3-5-7-15-25/h10-13,18,20,29H,3-9,14-17H2,1-2H3,(H,26,28). The molecule has 8 heteroatoms. The summed E-state index contributed by atoms with van der Waals surface area (Å²) in [6.07, 6.45) is 15.9. The highest BCUT2D eigenvalue weighted by Gasteiger charge is 2.35. The van der Waals surface area contributed by atoms with Crippen molar-refractivity contribution < 1.29 is 13.2 Å². The Morgan fingerprint density at radius 2 is 1.73 bits per heavy atom. The van der Waals surface area contributed by atoms with Crippen LogP contribution >= 0.6 is 0 Å². The molecule has 180 valence electrons. The minimum absolute atomic E-state index is 0.289. The minimum Gasteiger partial charge on any atom is -0.478 e. The van der Waals surface area contributed by atoms with Gasteiger partial charge in [0.25, 0.3) is 5.88 Å². The van der Waals surface area contributed by atoms with Gasteiger partial charge in [-0.15, -0.1) is 0 Å². The molecule has 2 heterocycles. The van der Waals surface area contributed by atoms with Crippen molar-refractivity contribution in [3.63, 3.8) is 0 Å². The second kappa shape index (κ2) is 10.4. The molecule has 1 saturated carbocycles. The van der Waals surface area contributed by atoms with Crippen molar-refractivity contribution in [3.05, 3.63) is 30.5 Å². The molecule has 2 fully saturated rings. The molecule has 2 N–H and O–H groups in total. The number of hydrogen-bond acceptors (Lipinski definition) is 7. The molecule has 7 nitrogen and oxygen atoms in total. The first-order valence-electron chi connectivity index (χ1n) is 12.1. The third-order valence-corrected chi connectivity index (χ3v) is 8.18. The maximum atomic E-state index is 11.7. The Labute approximate surface area is 197 Å². The topological polar surface area (TPSA) is 93.2 Å². The van der Waals surface area contributed by atoms with Gasteiger partial charge in [0, 0.05) is 29.9 Å². The zero-order valence-electron chi connectivity index (χ0n) is 19.8. The van der Waals surface area contributed by atoms with Crippen LogP contribution in [0.3, 0.4) is 0 Å². The van der Waals surface area contributed by atoms with Crippen LogP contribution in [0.4, 0.5) is 5.82 Å². The number of ether oxygens (including phenoxy) is 1. The van der Waals surface area contributed by atoms with Gasteiger partial charge in [0.1, 0.15) is 0 Å². The van der Waals surface area contributed by atoms with Crippen LogP contribution in [0, 0.1) is 0 Å². The molecular weight excluding hydrogens is 436 g/mol. The molecule has 1 aromatic heterocycles. The van der Waals surface area contributed by atoms with Gasteiger partial charge in [-0.05, 0) is 37.8 Å². The molecule has 4 rings (SSSR count). The lowest BCUT2D eigenvalue weighted by molar-refractivity contribution is 0.167. The van der Waals surface area contributed by atoms with E-state index < -0.39 is 9.84 Å².